The van der Waals surface area contributed by atoms with Gasteiger partial charge < -0.3 is 4.74 Å². The van der Waals surface area contributed by atoms with Crippen LogP contribution < -0.4 is 0 Å². The van der Waals surface area contributed by atoms with Crippen LogP contribution in [0.2, 0.25) is 0 Å². The van der Waals surface area contributed by atoms with Crippen LogP contribution in [0.1, 0.15) is 12.8 Å². The third-order valence-electron chi connectivity index (χ3n) is 1.40. The minimum atomic E-state index is 0.365. The second kappa shape index (κ2) is 2.68. The minimum absolute atomic E-state index is 0.365. The summed E-state index contributed by atoms with van der Waals surface area (Å²) in [6.07, 6.45) is 1.99. The van der Waals surface area contributed by atoms with E-state index in [9.17, 15) is 0 Å². The van der Waals surface area contributed by atoms with E-state index in [1.54, 1.807) is 0 Å². The third kappa shape index (κ3) is 1.21. The molecule has 0 radical (unpaired) electrons. The van der Waals surface area contributed by atoms with Crippen LogP contribution in [-0.2, 0) is 4.74 Å². The van der Waals surface area contributed by atoms with E-state index in [-0.39, 0.29) is 0 Å². The van der Waals surface area contributed by atoms with Crippen LogP contribution in [0, 0.1) is 6.57 Å². The summed E-state index contributed by atoms with van der Waals surface area (Å²) in [5.41, 5.74) is 0. The van der Waals surface area contributed by atoms with Crippen molar-refractivity contribution in [3.8, 4) is 6.57 Å². The van der Waals surface area contributed by atoms with Gasteiger partial charge in [-0.2, -0.15) is 0 Å². The number of ether oxygens (including phenoxy) is 1. The second-order valence-electron chi connectivity index (χ2n) is 1.99. The molecule has 0 bridgehead atoms. The van der Waals surface area contributed by atoms with E-state index in [2.05, 4.69) is 4.85 Å². The molecule has 0 saturated carbocycles. The average molecular weight is 112 g/mol. The van der Waals surface area contributed by atoms with Gasteiger partial charge in [0.25, 0.3) is 12.6 Å². The molecule has 1 saturated heterocycles. The van der Waals surface area contributed by atoms with Crippen molar-refractivity contribution in [2.24, 2.45) is 0 Å². The maximum Gasteiger partial charge on any atom is 0.276 e. The van der Waals surface area contributed by atoms with Gasteiger partial charge in [-0.25, -0.2) is 0 Å². The first kappa shape index (κ1) is 5.58. The molecule has 8 heavy (non-hydrogen) atoms. The topological polar surface area (TPSA) is 13.6 Å². The fourth-order valence-corrected chi connectivity index (χ4v) is 0.834. The van der Waals surface area contributed by atoms with Crippen LogP contribution in [0.3, 0.4) is 0 Å². The van der Waals surface area contributed by atoms with Gasteiger partial charge in [0.05, 0.1) is 26.1 Å². The highest BCUT2D eigenvalue weighted by atomic mass is 16.5. The molecule has 0 aromatic rings. The molecule has 0 atom stereocenters. The molecule has 0 aromatic carbocycles. The summed E-state index contributed by atoms with van der Waals surface area (Å²) in [5, 5.41) is 0. The zero-order valence-electron chi connectivity index (χ0n) is 4.84. The average Bonchev–Trinajstić information content (AvgIpc) is 1.90. The molecule has 0 N–H and O–H groups in total. The number of hydrogen-bond donors (Lipinski definition) is 0. The van der Waals surface area contributed by atoms with Crippen molar-refractivity contribution in [1.29, 1.82) is 0 Å². The lowest BCUT2D eigenvalue weighted by atomic mass is 10.1. The lowest BCUT2D eigenvalue weighted by Gasteiger charge is -2.08. The number of nitrogens with zero attached hydrogens (tertiary/aromatic N) is 1. The second-order valence-corrected chi connectivity index (χ2v) is 1.99. The van der Waals surface area contributed by atoms with Crippen LogP contribution in [0.4, 0.5) is 0 Å². The zero-order valence-corrected chi connectivity index (χ0v) is 4.84. The first-order chi connectivity index (χ1) is 3.93. The molecule has 1 heterocycles. The molecule has 1 rings (SSSR count). The van der Waals surface area contributed by atoms with Crippen LogP contribution in [0.15, 0.2) is 0 Å². The van der Waals surface area contributed by atoms with E-state index < -0.39 is 0 Å². The fraction of sp³-hybridized carbons (Fsp3) is 0.833. The van der Waals surface area contributed by atoms with Crippen molar-refractivity contribution in [1.82, 2.24) is 0 Å². The first-order valence-electron chi connectivity index (χ1n) is 2.91. The smallest absolute Gasteiger partial charge is 0.276 e. The predicted octanol–water partition coefficient (Wildman–Crippen LogP) is 1.13. The van der Waals surface area contributed by atoms with Gasteiger partial charge in [0.2, 0.25) is 0 Å². The highest BCUT2D eigenvalue weighted by Crippen LogP contribution is 2.08. The van der Waals surface area contributed by atoms with E-state index in [0.29, 0.717) is 6.04 Å². The maximum atomic E-state index is 5.09. The molecule has 0 spiro atoms. The quantitative estimate of drug-likeness (QED) is 0.458. The van der Waals surface area contributed by atoms with Crippen molar-refractivity contribution in [3.63, 3.8) is 0 Å². The Balaban J connectivity index is 2.25. The molecular weight excluding hydrogens is 102 g/mol. The van der Waals surface area contributed by atoms with Crippen molar-refractivity contribution in [2.75, 3.05) is 13.2 Å². The molecular formula is C6H10NO+. The standard InChI is InChI=1S/C6H10NO/c1-7-6-2-4-8-5-3-6/h1,6H,2-5H2/q+1. The van der Waals surface area contributed by atoms with Gasteiger partial charge in [0, 0.05) is 0 Å². The Morgan fingerprint density at radius 3 is 2.38 bits per heavy atom. The lowest BCUT2D eigenvalue weighted by Crippen LogP contribution is -2.16. The van der Waals surface area contributed by atoms with Crippen molar-refractivity contribution < 1.29 is 4.74 Å². The Morgan fingerprint density at radius 1 is 1.38 bits per heavy atom. The van der Waals surface area contributed by atoms with Crippen LogP contribution >= 0.6 is 0 Å². The molecule has 0 aliphatic carbocycles. The normalized spacial score (nSPS) is 22.4. The zero-order chi connectivity index (χ0) is 5.82. The van der Waals surface area contributed by atoms with Gasteiger partial charge in [0.1, 0.15) is 0 Å². The maximum absolute atomic E-state index is 5.09. The Bertz CT molecular complexity index is 99.6. The molecule has 44 valence electrons. The van der Waals surface area contributed by atoms with E-state index in [1.165, 1.54) is 0 Å². The molecule has 2 heteroatoms. The van der Waals surface area contributed by atoms with Gasteiger partial charge in [-0.1, -0.05) is 4.85 Å². The van der Waals surface area contributed by atoms with E-state index in [1.807, 2.05) is 0 Å². The Morgan fingerprint density at radius 2 is 2.00 bits per heavy atom. The van der Waals surface area contributed by atoms with Gasteiger partial charge in [-0.15, -0.1) is 0 Å². The van der Waals surface area contributed by atoms with E-state index in [0.717, 1.165) is 26.1 Å². The Kier molecular flexibility index (Phi) is 1.87. The molecule has 1 aliphatic heterocycles. The fourth-order valence-electron chi connectivity index (χ4n) is 0.834. The number of hydrogen-bond acceptors (Lipinski definition) is 1. The Hall–Kier alpha value is -0.550. The highest BCUT2D eigenvalue weighted by Gasteiger charge is 2.19. The van der Waals surface area contributed by atoms with Crippen molar-refractivity contribution in [2.45, 2.75) is 18.9 Å². The van der Waals surface area contributed by atoms with Crippen molar-refractivity contribution >= 4 is 0 Å². The molecule has 0 aromatic heterocycles. The van der Waals surface area contributed by atoms with E-state index >= 15 is 0 Å². The lowest BCUT2D eigenvalue weighted by molar-refractivity contribution is 0.0934. The third-order valence-corrected chi connectivity index (χ3v) is 1.40. The van der Waals surface area contributed by atoms with Gasteiger partial charge in [-0.05, 0) is 0 Å². The molecule has 0 amide bonds. The molecule has 1 aliphatic rings. The van der Waals surface area contributed by atoms with Gasteiger partial charge in [0.15, 0.2) is 0 Å². The van der Waals surface area contributed by atoms with Crippen LogP contribution in [0.25, 0.3) is 4.85 Å². The summed E-state index contributed by atoms with van der Waals surface area (Å²) in [6, 6.07) is 0.365. The summed E-state index contributed by atoms with van der Waals surface area (Å²) >= 11 is 0. The first-order valence-corrected chi connectivity index (χ1v) is 2.91. The summed E-state index contributed by atoms with van der Waals surface area (Å²) in [5.74, 6) is 0. The van der Waals surface area contributed by atoms with Crippen LogP contribution in [-0.4, -0.2) is 19.3 Å². The molecule has 2 nitrogen and oxygen atoms in total. The minimum Gasteiger partial charge on any atom is -0.381 e. The predicted molar refractivity (Wildman–Crippen MR) is 32.1 cm³/mol. The molecule has 0 unspecified atom stereocenters. The summed E-state index contributed by atoms with van der Waals surface area (Å²) in [4.78, 5) is 3.67. The summed E-state index contributed by atoms with van der Waals surface area (Å²) in [6.45, 7) is 6.72. The van der Waals surface area contributed by atoms with Gasteiger partial charge in [-0.3, -0.25) is 0 Å². The summed E-state index contributed by atoms with van der Waals surface area (Å²) < 4.78 is 5.09. The monoisotopic (exact) mass is 112 g/mol. The van der Waals surface area contributed by atoms with Crippen molar-refractivity contribution in [3.05, 3.63) is 4.85 Å². The van der Waals surface area contributed by atoms with E-state index in [4.69, 9.17) is 11.3 Å². The van der Waals surface area contributed by atoms with Crippen LogP contribution in [0.5, 0.6) is 0 Å². The highest BCUT2D eigenvalue weighted by molar-refractivity contribution is 4.83. The number of rotatable bonds is 0. The Labute approximate surface area is 49.3 Å². The van der Waals surface area contributed by atoms with Gasteiger partial charge >= 0.3 is 0 Å². The molecule has 1 fully saturated rings. The SMILES string of the molecule is C#[N+]C1CCOCC1. The summed E-state index contributed by atoms with van der Waals surface area (Å²) in [7, 11) is 0. The largest absolute Gasteiger partial charge is 0.381 e.